The highest BCUT2D eigenvalue weighted by molar-refractivity contribution is 5.93. The van der Waals surface area contributed by atoms with Crippen LogP contribution >= 0.6 is 0 Å². The summed E-state index contributed by atoms with van der Waals surface area (Å²) in [5.41, 5.74) is 2.77. The number of pyridine rings is 1. The minimum absolute atomic E-state index is 0.0170. The lowest BCUT2D eigenvalue weighted by Gasteiger charge is -2.25. The van der Waals surface area contributed by atoms with Crippen LogP contribution in [0.4, 0.5) is 0 Å². The Morgan fingerprint density at radius 1 is 1.18 bits per heavy atom. The van der Waals surface area contributed by atoms with Gasteiger partial charge in [0, 0.05) is 12.7 Å². The standard InChI is InChI=1S/C20H21N5O3/c1-25(2)17(13-6-7-18-19(9-13)28-12-27-18)11-22-20(26)16-10-15(23-24-16)14-5-3-4-8-21-14/h3-10,17H,11-12H2,1-2H3,(H,22,26)(H,23,24). The average molecular weight is 379 g/mol. The first-order chi connectivity index (χ1) is 13.6. The van der Waals surface area contributed by atoms with Gasteiger partial charge in [-0.3, -0.25) is 14.9 Å². The van der Waals surface area contributed by atoms with E-state index in [1.807, 2.05) is 55.4 Å². The van der Waals surface area contributed by atoms with Gasteiger partial charge in [-0.15, -0.1) is 0 Å². The number of fused-ring (bicyclic) bond motifs is 1. The second-order valence-electron chi connectivity index (χ2n) is 6.68. The summed E-state index contributed by atoms with van der Waals surface area (Å²) in [4.78, 5) is 18.9. The van der Waals surface area contributed by atoms with Crippen LogP contribution in [0, 0.1) is 0 Å². The number of rotatable bonds is 6. The number of aromatic amines is 1. The third-order valence-electron chi connectivity index (χ3n) is 4.61. The molecule has 0 bridgehead atoms. The lowest BCUT2D eigenvalue weighted by Crippen LogP contribution is -2.34. The highest BCUT2D eigenvalue weighted by Gasteiger charge is 2.21. The molecule has 144 valence electrons. The molecule has 28 heavy (non-hydrogen) atoms. The van der Waals surface area contributed by atoms with Crippen LogP contribution in [0.5, 0.6) is 11.5 Å². The van der Waals surface area contributed by atoms with Gasteiger partial charge in [-0.1, -0.05) is 12.1 Å². The van der Waals surface area contributed by atoms with Crippen LogP contribution in [-0.2, 0) is 0 Å². The Bertz CT molecular complexity index is 971. The number of likely N-dealkylation sites (N-methyl/N-ethyl adjacent to an activating group) is 1. The van der Waals surface area contributed by atoms with Gasteiger partial charge in [0.15, 0.2) is 11.5 Å². The predicted molar refractivity (Wildman–Crippen MR) is 103 cm³/mol. The van der Waals surface area contributed by atoms with Crippen molar-refractivity contribution in [2.45, 2.75) is 6.04 Å². The number of benzene rings is 1. The number of amides is 1. The number of nitrogens with zero attached hydrogens (tertiary/aromatic N) is 3. The topological polar surface area (TPSA) is 92.4 Å². The smallest absolute Gasteiger partial charge is 0.269 e. The Labute approximate surface area is 162 Å². The van der Waals surface area contributed by atoms with E-state index in [9.17, 15) is 4.79 Å². The Morgan fingerprint density at radius 2 is 2.04 bits per heavy atom. The molecule has 2 N–H and O–H groups in total. The van der Waals surface area contributed by atoms with Crippen molar-refractivity contribution in [1.82, 2.24) is 25.4 Å². The van der Waals surface area contributed by atoms with Gasteiger partial charge < -0.3 is 19.7 Å². The maximum atomic E-state index is 12.6. The molecule has 0 saturated carbocycles. The van der Waals surface area contributed by atoms with Crippen LogP contribution < -0.4 is 14.8 Å². The average Bonchev–Trinajstić information content (AvgIpc) is 3.38. The maximum Gasteiger partial charge on any atom is 0.269 e. The van der Waals surface area contributed by atoms with Crippen molar-refractivity contribution in [3.63, 3.8) is 0 Å². The lowest BCUT2D eigenvalue weighted by atomic mass is 10.1. The predicted octanol–water partition coefficient (Wildman–Crippen LogP) is 2.23. The van der Waals surface area contributed by atoms with Gasteiger partial charge in [0.2, 0.25) is 6.79 Å². The Hall–Kier alpha value is -3.39. The summed E-state index contributed by atoms with van der Waals surface area (Å²) >= 11 is 0. The molecule has 3 aromatic rings. The van der Waals surface area contributed by atoms with E-state index < -0.39 is 0 Å². The molecule has 8 heteroatoms. The van der Waals surface area contributed by atoms with Crippen LogP contribution in [0.25, 0.3) is 11.4 Å². The maximum absolute atomic E-state index is 12.6. The summed E-state index contributed by atoms with van der Waals surface area (Å²) in [6.07, 6.45) is 1.69. The second-order valence-corrected chi connectivity index (χ2v) is 6.68. The highest BCUT2D eigenvalue weighted by atomic mass is 16.7. The Morgan fingerprint density at radius 3 is 2.82 bits per heavy atom. The summed E-state index contributed by atoms with van der Waals surface area (Å²) in [6.45, 7) is 0.671. The number of aromatic nitrogens is 3. The minimum atomic E-state index is -0.220. The number of nitrogens with one attached hydrogen (secondary N) is 2. The van der Waals surface area contributed by atoms with Crippen molar-refractivity contribution >= 4 is 5.91 Å². The fourth-order valence-electron chi connectivity index (χ4n) is 3.09. The van der Waals surface area contributed by atoms with Crippen molar-refractivity contribution in [3.05, 3.63) is 59.9 Å². The van der Waals surface area contributed by atoms with Crippen LogP contribution in [0.2, 0.25) is 0 Å². The largest absolute Gasteiger partial charge is 0.454 e. The van der Waals surface area contributed by atoms with Gasteiger partial charge in [0.25, 0.3) is 5.91 Å². The Kier molecular flexibility index (Phi) is 4.94. The third kappa shape index (κ3) is 3.67. The van der Waals surface area contributed by atoms with E-state index in [4.69, 9.17) is 9.47 Å². The van der Waals surface area contributed by atoms with E-state index >= 15 is 0 Å². The molecule has 3 heterocycles. The van der Waals surface area contributed by atoms with Gasteiger partial charge in [0.1, 0.15) is 11.4 Å². The molecule has 0 saturated heterocycles. The number of carbonyl (C=O) groups excluding carboxylic acids is 1. The molecule has 0 spiro atoms. The summed E-state index contributed by atoms with van der Waals surface area (Å²) in [7, 11) is 3.94. The first-order valence-electron chi connectivity index (χ1n) is 8.93. The molecule has 0 fully saturated rings. The minimum Gasteiger partial charge on any atom is -0.454 e. The van der Waals surface area contributed by atoms with E-state index in [0.717, 1.165) is 17.1 Å². The highest BCUT2D eigenvalue weighted by Crippen LogP contribution is 2.34. The molecule has 1 amide bonds. The number of hydrogen-bond acceptors (Lipinski definition) is 6. The fourth-order valence-corrected chi connectivity index (χ4v) is 3.09. The molecule has 1 aromatic carbocycles. The zero-order valence-electron chi connectivity index (χ0n) is 15.7. The zero-order valence-corrected chi connectivity index (χ0v) is 15.7. The fraction of sp³-hybridized carbons (Fsp3) is 0.250. The van der Waals surface area contributed by atoms with E-state index in [1.165, 1.54) is 0 Å². The summed E-state index contributed by atoms with van der Waals surface area (Å²) in [6, 6.07) is 13.1. The molecule has 1 atom stereocenters. The molecule has 0 aliphatic carbocycles. The number of H-pyrrole nitrogens is 1. The zero-order chi connectivity index (χ0) is 19.5. The van der Waals surface area contributed by atoms with Crippen LogP contribution in [-0.4, -0.2) is 53.4 Å². The monoisotopic (exact) mass is 379 g/mol. The van der Waals surface area contributed by atoms with Crippen molar-refractivity contribution in [1.29, 1.82) is 0 Å². The van der Waals surface area contributed by atoms with Gasteiger partial charge >= 0.3 is 0 Å². The Balaban J connectivity index is 1.45. The van der Waals surface area contributed by atoms with Gasteiger partial charge in [-0.25, -0.2) is 0 Å². The van der Waals surface area contributed by atoms with Crippen LogP contribution in [0.3, 0.4) is 0 Å². The molecule has 4 rings (SSSR count). The number of ether oxygens (including phenoxy) is 2. The quantitative estimate of drug-likeness (QED) is 0.682. The third-order valence-corrected chi connectivity index (χ3v) is 4.61. The normalized spacial score (nSPS) is 13.5. The molecule has 2 aromatic heterocycles. The van der Waals surface area contributed by atoms with E-state index in [0.29, 0.717) is 23.6 Å². The summed E-state index contributed by atoms with van der Waals surface area (Å²) in [5, 5.41) is 9.92. The first kappa shape index (κ1) is 18.0. The van der Waals surface area contributed by atoms with E-state index in [-0.39, 0.29) is 18.7 Å². The molecule has 1 aliphatic rings. The van der Waals surface area contributed by atoms with Crippen LogP contribution in [0.15, 0.2) is 48.7 Å². The van der Waals surface area contributed by atoms with Crippen molar-refractivity contribution < 1.29 is 14.3 Å². The lowest BCUT2D eigenvalue weighted by molar-refractivity contribution is 0.0937. The SMILES string of the molecule is CN(C)C(CNC(=O)c1cc(-c2ccccn2)n[nH]1)c1ccc2c(c1)OCO2. The summed E-state index contributed by atoms with van der Waals surface area (Å²) in [5.74, 6) is 1.25. The van der Waals surface area contributed by atoms with Crippen molar-refractivity contribution in [2.75, 3.05) is 27.4 Å². The molecule has 1 aliphatic heterocycles. The van der Waals surface area contributed by atoms with Gasteiger partial charge in [-0.2, -0.15) is 5.10 Å². The van der Waals surface area contributed by atoms with Crippen molar-refractivity contribution in [3.8, 4) is 22.9 Å². The first-order valence-corrected chi connectivity index (χ1v) is 8.93. The van der Waals surface area contributed by atoms with Crippen LogP contribution in [0.1, 0.15) is 22.1 Å². The van der Waals surface area contributed by atoms with Gasteiger partial charge in [0.05, 0.1) is 11.7 Å². The summed E-state index contributed by atoms with van der Waals surface area (Å²) < 4.78 is 10.8. The molecule has 1 unspecified atom stereocenters. The molecule has 8 nitrogen and oxygen atoms in total. The van der Waals surface area contributed by atoms with E-state index in [1.54, 1.807) is 12.3 Å². The number of hydrogen-bond donors (Lipinski definition) is 2. The molecular weight excluding hydrogens is 358 g/mol. The molecular formula is C20H21N5O3. The van der Waals surface area contributed by atoms with Crippen molar-refractivity contribution in [2.24, 2.45) is 0 Å². The van der Waals surface area contributed by atoms with E-state index in [2.05, 4.69) is 20.5 Å². The van der Waals surface area contributed by atoms with Gasteiger partial charge in [-0.05, 0) is 50.0 Å². The number of carbonyl (C=O) groups is 1. The molecule has 0 radical (unpaired) electrons. The second kappa shape index (κ2) is 7.69.